The van der Waals surface area contributed by atoms with E-state index < -0.39 is 12.3 Å². The molecule has 1 aromatic carbocycles. The van der Waals surface area contributed by atoms with Crippen LogP contribution in [0.15, 0.2) is 24.3 Å². The third-order valence-electron chi connectivity index (χ3n) is 1.91. The highest BCUT2D eigenvalue weighted by Crippen LogP contribution is 2.00. The fraction of sp³-hybridized carbons (Fsp3) is 0.417. The molecular formula is C12H16NO4. The van der Waals surface area contributed by atoms with Crippen molar-refractivity contribution in [1.29, 1.82) is 0 Å². The molecule has 1 radical (unpaired) electrons. The minimum Gasteiger partial charge on any atom is -0.445 e. The van der Waals surface area contributed by atoms with Crippen molar-refractivity contribution >= 4 is 6.09 Å². The van der Waals surface area contributed by atoms with Gasteiger partial charge in [-0.1, -0.05) is 24.3 Å². The minimum absolute atomic E-state index is 0.121. The Labute approximate surface area is 101 Å². The Morgan fingerprint density at radius 3 is 2.82 bits per heavy atom. The lowest BCUT2D eigenvalue weighted by Crippen LogP contribution is -2.35. The van der Waals surface area contributed by atoms with Gasteiger partial charge in [0.2, 0.25) is 0 Å². The van der Waals surface area contributed by atoms with Crippen LogP contribution in [-0.2, 0) is 20.8 Å². The molecule has 0 spiro atoms. The highest BCUT2D eigenvalue weighted by atomic mass is 16.7. The van der Waals surface area contributed by atoms with Crippen molar-refractivity contribution in [2.75, 3.05) is 13.9 Å². The molecule has 5 heteroatoms. The van der Waals surface area contributed by atoms with Crippen LogP contribution in [-0.4, -0.2) is 26.2 Å². The second-order valence-corrected chi connectivity index (χ2v) is 3.34. The monoisotopic (exact) mass is 238 g/mol. The number of nitrogens with one attached hydrogen (secondary N) is 1. The SMILES string of the molecule is COCOC(C)NC(=O)OCc1cc[c]cc1. The molecule has 1 aromatic rings. The molecule has 1 N–H and O–H groups in total. The number of amides is 1. The van der Waals surface area contributed by atoms with E-state index in [0.717, 1.165) is 5.56 Å². The van der Waals surface area contributed by atoms with Gasteiger partial charge in [0, 0.05) is 7.11 Å². The first-order chi connectivity index (χ1) is 8.22. The van der Waals surface area contributed by atoms with Gasteiger partial charge in [-0.2, -0.15) is 0 Å². The quantitative estimate of drug-likeness (QED) is 0.766. The Bertz CT molecular complexity index is 329. The third-order valence-corrected chi connectivity index (χ3v) is 1.91. The van der Waals surface area contributed by atoms with E-state index in [-0.39, 0.29) is 13.4 Å². The van der Waals surface area contributed by atoms with E-state index in [1.165, 1.54) is 7.11 Å². The molecule has 1 amide bonds. The fourth-order valence-corrected chi connectivity index (χ4v) is 1.09. The molecule has 5 nitrogen and oxygen atoms in total. The maximum Gasteiger partial charge on any atom is 0.409 e. The Morgan fingerprint density at radius 1 is 1.47 bits per heavy atom. The third kappa shape index (κ3) is 5.89. The zero-order valence-corrected chi connectivity index (χ0v) is 9.93. The molecule has 17 heavy (non-hydrogen) atoms. The molecule has 0 aromatic heterocycles. The zero-order valence-electron chi connectivity index (χ0n) is 9.93. The number of rotatable bonds is 6. The van der Waals surface area contributed by atoms with Crippen molar-refractivity contribution < 1.29 is 19.0 Å². The Kier molecular flexibility index (Phi) is 6.06. The highest BCUT2D eigenvalue weighted by molar-refractivity contribution is 5.67. The van der Waals surface area contributed by atoms with Crippen LogP contribution in [0.2, 0.25) is 0 Å². The first-order valence-corrected chi connectivity index (χ1v) is 5.21. The molecule has 0 aliphatic rings. The molecule has 0 bridgehead atoms. The van der Waals surface area contributed by atoms with Gasteiger partial charge in [0.25, 0.3) is 0 Å². The molecule has 1 unspecified atom stereocenters. The van der Waals surface area contributed by atoms with Crippen LogP contribution in [0, 0.1) is 6.07 Å². The Morgan fingerprint density at radius 2 is 2.18 bits per heavy atom. The van der Waals surface area contributed by atoms with Crippen LogP contribution >= 0.6 is 0 Å². The van der Waals surface area contributed by atoms with Crippen LogP contribution in [0.25, 0.3) is 0 Å². The normalized spacial score (nSPS) is 11.9. The van der Waals surface area contributed by atoms with Gasteiger partial charge >= 0.3 is 6.09 Å². The van der Waals surface area contributed by atoms with Crippen LogP contribution in [0.4, 0.5) is 4.79 Å². The Hall–Kier alpha value is -1.59. The number of carbonyl (C=O) groups is 1. The molecule has 0 aliphatic heterocycles. The maximum absolute atomic E-state index is 11.3. The summed E-state index contributed by atoms with van der Waals surface area (Å²) in [5.41, 5.74) is 0.907. The van der Waals surface area contributed by atoms with Gasteiger partial charge in [-0.05, 0) is 18.6 Å². The first kappa shape index (κ1) is 13.5. The van der Waals surface area contributed by atoms with E-state index in [9.17, 15) is 4.79 Å². The summed E-state index contributed by atoms with van der Waals surface area (Å²) in [6.45, 7) is 2.03. The minimum atomic E-state index is -0.526. The van der Waals surface area contributed by atoms with Gasteiger partial charge < -0.3 is 14.2 Å². The van der Waals surface area contributed by atoms with Crippen LogP contribution in [0.3, 0.4) is 0 Å². The number of alkyl carbamates (subject to hydrolysis) is 1. The largest absolute Gasteiger partial charge is 0.445 e. The smallest absolute Gasteiger partial charge is 0.409 e. The van der Waals surface area contributed by atoms with Crippen molar-refractivity contribution in [2.45, 2.75) is 19.8 Å². The number of ether oxygens (including phenoxy) is 3. The predicted molar refractivity (Wildman–Crippen MR) is 61.0 cm³/mol. The summed E-state index contributed by atoms with van der Waals surface area (Å²) in [6.07, 6.45) is -0.979. The van der Waals surface area contributed by atoms with E-state index in [1.54, 1.807) is 19.1 Å². The summed E-state index contributed by atoms with van der Waals surface area (Å²) in [5, 5.41) is 2.51. The average molecular weight is 238 g/mol. The van der Waals surface area contributed by atoms with Crippen LogP contribution in [0.1, 0.15) is 12.5 Å². The summed E-state index contributed by atoms with van der Waals surface area (Å²) in [4.78, 5) is 11.3. The second kappa shape index (κ2) is 7.65. The average Bonchev–Trinajstić information content (AvgIpc) is 2.35. The second-order valence-electron chi connectivity index (χ2n) is 3.34. The molecule has 0 saturated carbocycles. The maximum atomic E-state index is 11.3. The van der Waals surface area contributed by atoms with Crippen molar-refractivity contribution in [2.24, 2.45) is 0 Å². The molecule has 93 valence electrons. The lowest BCUT2D eigenvalue weighted by Gasteiger charge is -2.14. The lowest BCUT2D eigenvalue weighted by molar-refractivity contribution is -0.0744. The number of benzene rings is 1. The van der Waals surface area contributed by atoms with Gasteiger partial charge in [0.05, 0.1) is 0 Å². The number of carbonyl (C=O) groups excluding carboxylic acids is 1. The number of hydrogen-bond donors (Lipinski definition) is 1. The summed E-state index contributed by atoms with van der Waals surface area (Å²) in [6, 6.07) is 10.1. The fourth-order valence-electron chi connectivity index (χ4n) is 1.09. The number of hydrogen-bond acceptors (Lipinski definition) is 4. The molecule has 0 heterocycles. The van der Waals surface area contributed by atoms with Crippen LogP contribution < -0.4 is 5.32 Å². The summed E-state index contributed by atoms with van der Waals surface area (Å²) in [5.74, 6) is 0. The van der Waals surface area contributed by atoms with Crippen molar-refractivity contribution in [3.8, 4) is 0 Å². The van der Waals surface area contributed by atoms with Gasteiger partial charge in [-0.3, -0.25) is 5.32 Å². The summed E-state index contributed by atoms with van der Waals surface area (Å²) < 4.78 is 14.8. The molecule has 0 aliphatic carbocycles. The van der Waals surface area contributed by atoms with E-state index in [0.29, 0.717) is 0 Å². The topological polar surface area (TPSA) is 56.8 Å². The standard InChI is InChI=1S/C12H16NO4/c1-10(17-9-15-2)13-12(14)16-8-11-6-4-3-5-7-11/h4-7,10H,8-9H2,1-2H3,(H,13,14). The van der Waals surface area contributed by atoms with E-state index >= 15 is 0 Å². The van der Waals surface area contributed by atoms with Crippen LogP contribution in [0.5, 0.6) is 0 Å². The Balaban J connectivity index is 2.21. The van der Waals surface area contributed by atoms with Crippen molar-refractivity contribution in [1.82, 2.24) is 5.32 Å². The molecule has 0 saturated heterocycles. The summed E-state index contributed by atoms with van der Waals surface area (Å²) >= 11 is 0. The highest BCUT2D eigenvalue weighted by Gasteiger charge is 2.07. The molecule has 0 fully saturated rings. The molecule has 1 atom stereocenters. The van der Waals surface area contributed by atoms with Gasteiger partial charge in [-0.15, -0.1) is 0 Å². The molecule has 1 rings (SSSR count). The van der Waals surface area contributed by atoms with E-state index in [1.807, 2.05) is 12.1 Å². The predicted octanol–water partition coefficient (Wildman–Crippen LogP) is 1.68. The van der Waals surface area contributed by atoms with Gasteiger partial charge in [-0.25, -0.2) is 4.79 Å². The zero-order chi connectivity index (χ0) is 12.5. The van der Waals surface area contributed by atoms with Crippen molar-refractivity contribution in [3.63, 3.8) is 0 Å². The van der Waals surface area contributed by atoms with Gasteiger partial charge in [0.1, 0.15) is 19.6 Å². The van der Waals surface area contributed by atoms with Crippen molar-refractivity contribution in [3.05, 3.63) is 35.9 Å². The summed E-state index contributed by atoms with van der Waals surface area (Å²) in [7, 11) is 1.51. The van der Waals surface area contributed by atoms with E-state index in [2.05, 4.69) is 11.4 Å². The number of methoxy groups -OCH3 is 1. The first-order valence-electron chi connectivity index (χ1n) is 5.21. The van der Waals surface area contributed by atoms with Gasteiger partial charge in [0.15, 0.2) is 0 Å². The van der Waals surface area contributed by atoms with E-state index in [4.69, 9.17) is 14.2 Å². The lowest BCUT2D eigenvalue weighted by atomic mass is 10.2. The molecular weight excluding hydrogens is 222 g/mol.